The summed E-state index contributed by atoms with van der Waals surface area (Å²) in [5.74, 6) is 0.822. The van der Waals surface area contributed by atoms with Gasteiger partial charge in [0.25, 0.3) is 0 Å². The quantitative estimate of drug-likeness (QED) is 0.620. The highest BCUT2D eigenvalue weighted by Gasteiger charge is 2.39. The van der Waals surface area contributed by atoms with Gasteiger partial charge in [-0.2, -0.15) is 4.99 Å². The Morgan fingerprint density at radius 1 is 1.36 bits per heavy atom. The molecule has 1 aliphatic carbocycles. The number of phenols is 1. The van der Waals surface area contributed by atoms with Crippen LogP contribution in [0.25, 0.3) is 0 Å². The molecule has 0 amide bonds. The van der Waals surface area contributed by atoms with Crippen molar-refractivity contribution in [2.45, 2.75) is 12.3 Å². The van der Waals surface area contributed by atoms with Crippen LogP contribution in [0.5, 0.6) is 5.75 Å². The number of hydrogen-bond donors (Lipinski definition) is 4. The number of nitrogens with one attached hydrogen (secondary N) is 2. The van der Waals surface area contributed by atoms with Gasteiger partial charge in [-0.3, -0.25) is 5.43 Å². The molecule has 4 aliphatic rings. The van der Waals surface area contributed by atoms with Crippen molar-refractivity contribution in [3.05, 3.63) is 76.4 Å². The molecule has 0 saturated heterocycles. The summed E-state index contributed by atoms with van der Waals surface area (Å²) < 4.78 is 14.4. The molecule has 7 nitrogen and oxygen atoms in total. The van der Waals surface area contributed by atoms with Crippen molar-refractivity contribution >= 4 is 5.96 Å². The summed E-state index contributed by atoms with van der Waals surface area (Å²) in [6.07, 6.45) is 6.16. The number of fused-ring (bicyclic) bond motifs is 2. The summed E-state index contributed by atoms with van der Waals surface area (Å²) in [5, 5.41) is 11.2. The lowest BCUT2D eigenvalue weighted by molar-refractivity contribution is 0.157. The van der Waals surface area contributed by atoms with Crippen molar-refractivity contribution in [1.29, 1.82) is 0 Å². The third-order valence-electron chi connectivity index (χ3n) is 4.61. The molecule has 1 atom stereocenters. The van der Waals surface area contributed by atoms with Gasteiger partial charge in [-0.05, 0) is 30.2 Å². The van der Waals surface area contributed by atoms with Crippen LogP contribution < -0.4 is 16.6 Å². The lowest BCUT2D eigenvalue weighted by Crippen LogP contribution is -2.39. The molecule has 3 heterocycles. The Morgan fingerprint density at radius 3 is 3.08 bits per heavy atom. The van der Waals surface area contributed by atoms with Gasteiger partial charge in [0.05, 0.1) is 17.0 Å². The molecule has 1 unspecified atom stereocenters. The molecule has 0 fully saturated rings. The summed E-state index contributed by atoms with van der Waals surface area (Å²) in [6, 6.07) is 4.20. The van der Waals surface area contributed by atoms with Crippen molar-refractivity contribution < 1.29 is 14.3 Å². The van der Waals surface area contributed by atoms with Gasteiger partial charge in [-0.25, -0.2) is 14.9 Å². The second kappa shape index (κ2) is 4.79. The molecule has 0 spiro atoms. The van der Waals surface area contributed by atoms with Gasteiger partial charge in [0.1, 0.15) is 11.6 Å². The fraction of sp³-hybridized carbons (Fsp3) is 0.118. The zero-order chi connectivity index (χ0) is 17.1. The summed E-state index contributed by atoms with van der Waals surface area (Å²) >= 11 is 0. The minimum atomic E-state index is -0.450. The first-order chi connectivity index (χ1) is 12.1. The average molecular weight is 339 g/mol. The van der Waals surface area contributed by atoms with E-state index in [1.165, 1.54) is 6.07 Å². The Kier molecular flexibility index (Phi) is 2.68. The van der Waals surface area contributed by atoms with Crippen molar-refractivity contribution in [3.63, 3.8) is 0 Å². The molecule has 1 aromatic rings. The average Bonchev–Trinajstić information content (AvgIpc) is 3.13. The van der Waals surface area contributed by atoms with Crippen LogP contribution in [0, 0.1) is 5.82 Å². The number of benzene rings is 1. The Labute approximate surface area is 142 Å². The number of nitrogens with two attached hydrogens (primary N) is 1. The van der Waals surface area contributed by atoms with Gasteiger partial charge in [0, 0.05) is 12.0 Å². The fourth-order valence-corrected chi connectivity index (χ4v) is 3.52. The zero-order valence-electron chi connectivity index (χ0n) is 13.0. The second-order valence-corrected chi connectivity index (χ2v) is 6.08. The first-order valence-corrected chi connectivity index (χ1v) is 7.81. The molecule has 3 aliphatic heterocycles. The minimum Gasteiger partial charge on any atom is -0.508 e. The number of phenolic OH excluding ortho intramolecular Hbond substituents is 1. The summed E-state index contributed by atoms with van der Waals surface area (Å²) in [6.45, 7) is 0. The van der Waals surface area contributed by atoms with Crippen LogP contribution in [0.4, 0.5) is 4.39 Å². The molecule has 5 N–H and O–H groups in total. The van der Waals surface area contributed by atoms with Gasteiger partial charge in [0.2, 0.25) is 5.96 Å². The van der Waals surface area contributed by atoms with Crippen LogP contribution in [-0.4, -0.2) is 16.1 Å². The highest BCUT2D eigenvalue weighted by Crippen LogP contribution is 2.45. The lowest BCUT2D eigenvalue weighted by Gasteiger charge is -2.28. The summed E-state index contributed by atoms with van der Waals surface area (Å²) in [5.41, 5.74) is 14.7. The van der Waals surface area contributed by atoms with E-state index in [2.05, 4.69) is 15.9 Å². The molecule has 0 bridgehead atoms. The third-order valence-corrected chi connectivity index (χ3v) is 4.61. The van der Waals surface area contributed by atoms with E-state index >= 15 is 0 Å². The van der Waals surface area contributed by atoms with Crippen LogP contribution in [0.15, 0.2) is 70.0 Å². The predicted octanol–water partition coefficient (Wildman–Crippen LogP) is 1.57. The number of hydrogen-bond acceptors (Lipinski definition) is 7. The maximum Gasteiger partial charge on any atom is 0.214 e. The van der Waals surface area contributed by atoms with Crippen molar-refractivity contribution in [1.82, 2.24) is 15.9 Å². The topological polar surface area (TPSA) is 95.1 Å². The molecule has 25 heavy (non-hydrogen) atoms. The van der Waals surface area contributed by atoms with Gasteiger partial charge in [-0.15, -0.1) is 0 Å². The Balaban J connectivity index is 1.62. The maximum atomic E-state index is 14.4. The number of hydroxylamine groups is 1. The van der Waals surface area contributed by atoms with Crippen LogP contribution in [0.3, 0.4) is 0 Å². The summed E-state index contributed by atoms with van der Waals surface area (Å²) in [7, 11) is 0. The number of halogens is 1. The molecule has 0 radical (unpaired) electrons. The number of aromatic hydroxyl groups is 1. The molecule has 0 saturated carbocycles. The second-order valence-electron chi connectivity index (χ2n) is 6.08. The number of allylic oxidation sites excluding steroid dienone is 4. The fourth-order valence-electron chi connectivity index (χ4n) is 3.52. The largest absolute Gasteiger partial charge is 0.508 e. The molecular weight excluding hydrogens is 325 g/mol. The van der Waals surface area contributed by atoms with E-state index in [4.69, 9.17) is 10.6 Å². The number of nitrogens with zero attached hydrogens (tertiary/aromatic N) is 2. The van der Waals surface area contributed by atoms with Gasteiger partial charge >= 0.3 is 0 Å². The highest BCUT2D eigenvalue weighted by molar-refractivity contribution is 5.81. The first-order valence-electron chi connectivity index (χ1n) is 7.81. The van der Waals surface area contributed by atoms with Crippen molar-refractivity contribution in [2.75, 3.05) is 0 Å². The van der Waals surface area contributed by atoms with E-state index in [0.29, 0.717) is 29.5 Å². The van der Waals surface area contributed by atoms with Gasteiger partial charge in [-0.1, -0.05) is 12.1 Å². The monoisotopic (exact) mass is 339 g/mol. The Hall–Kier alpha value is -3.42. The predicted molar refractivity (Wildman–Crippen MR) is 87.5 cm³/mol. The van der Waals surface area contributed by atoms with Crippen LogP contribution in [0.2, 0.25) is 0 Å². The Morgan fingerprint density at radius 2 is 2.24 bits per heavy atom. The summed E-state index contributed by atoms with van der Waals surface area (Å²) in [4.78, 5) is 9.85. The highest BCUT2D eigenvalue weighted by atomic mass is 19.1. The molecule has 1 aromatic carbocycles. The van der Waals surface area contributed by atoms with Crippen LogP contribution in [-0.2, 0) is 4.84 Å². The van der Waals surface area contributed by atoms with E-state index < -0.39 is 5.82 Å². The lowest BCUT2D eigenvalue weighted by atomic mass is 9.84. The zero-order valence-corrected chi connectivity index (χ0v) is 13.0. The normalized spacial score (nSPS) is 23.2. The van der Waals surface area contributed by atoms with Crippen LogP contribution in [0.1, 0.15) is 17.9 Å². The molecular formula is C17H14FN5O2. The molecule has 8 heteroatoms. The third kappa shape index (κ3) is 1.94. The van der Waals surface area contributed by atoms with E-state index in [9.17, 15) is 9.50 Å². The van der Waals surface area contributed by atoms with Crippen molar-refractivity contribution in [3.8, 4) is 5.75 Å². The smallest absolute Gasteiger partial charge is 0.214 e. The molecule has 0 aromatic heterocycles. The minimum absolute atomic E-state index is 0.0978. The molecule has 5 rings (SSSR count). The SMILES string of the molecule is NC1=NC2=CC=C3ONC4=C3C(=CCC4c3ccc(O)cc3F)N2N1. The van der Waals surface area contributed by atoms with Gasteiger partial charge in [0.15, 0.2) is 11.6 Å². The first kappa shape index (κ1) is 14.0. The number of rotatable bonds is 1. The van der Waals surface area contributed by atoms with E-state index in [1.807, 2.05) is 6.08 Å². The van der Waals surface area contributed by atoms with Crippen molar-refractivity contribution in [2.24, 2.45) is 10.7 Å². The standard InChI is InChI=1S/C17H14FN5O2/c18-11-7-8(24)1-2-9(11)10-3-4-12-15-13(25-22-16(10)15)5-6-14-20-17(19)21-23(12)14/h1-2,4-7,10,22,24H,3H2,(H3,19,20,21). The molecule has 126 valence electrons. The maximum absolute atomic E-state index is 14.4. The number of hydrazine groups is 1. The van der Waals surface area contributed by atoms with Crippen LogP contribution >= 0.6 is 0 Å². The number of guanidine groups is 1. The van der Waals surface area contributed by atoms with Gasteiger partial charge < -0.3 is 15.7 Å². The Bertz CT molecular complexity index is 960. The van der Waals surface area contributed by atoms with E-state index in [-0.39, 0.29) is 11.7 Å². The van der Waals surface area contributed by atoms with E-state index in [1.54, 1.807) is 23.2 Å². The van der Waals surface area contributed by atoms with E-state index in [0.717, 1.165) is 23.0 Å². The number of aliphatic imine (C=N–C) groups is 1.